The van der Waals surface area contributed by atoms with Crippen LogP contribution in [0, 0.1) is 0 Å². The molecule has 1 atom stereocenters. The summed E-state index contributed by atoms with van der Waals surface area (Å²) in [5.41, 5.74) is 0.977. The minimum Gasteiger partial charge on any atom is -0.391 e. The number of hydrogen-bond acceptors (Lipinski definition) is 3. The minimum absolute atomic E-state index is 0.420. The zero-order chi connectivity index (χ0) is 11.8. The van der Waals surface area contributed by atoms with Crippen LogP contribution in [0.15, 0.2) is 24.3 Å². The quantitative estimate of drug-likeness (QED) is 0.713. The highest BCUT2D eigenvalue weighted by Gasteiger charge is 2.07. The second-order valence-corrected chi connectivity index (χ2v) is 4.05. The molecule has 0 radical (unpaired) electrons. The number of aliphatic hydroxyl groups is 1. The lowest BCUT2D eigenvalue weighted by Crippen LogP contribution is -2.30. The maximum atomic E-state index is 9.76. The molecule has 0 aliphatic rings. The van der Waals surface area contributed by atoms with Gasteiger partial charge >= 0.3 is 0 Å². The van der Waals surface area contributed by atoms with Crippen molar-refractivity contribution in [2.24, 2.45) is 0 Å². The normalized spacial score (nSPS) is 12.7. The number of nitrogens with one attached hydrogen (secondary N) is 1. The zero-order valence-electron chi connectivity index (χ0n) is 9.45. The number of methoxy groups -OCH3 is 1. The second-order valence-electron chi connectivity index (χ2n) is 3.65. The SMILES string of the molecule is COCCNCC(O)Cc1ccccc1Cl. The molecule has 0 amide bonds. The van der Waals surface area contributed by atoms with Gasteiger partial charge in [0.15, 0.2) is 0 Å². The fraction of sp³-hybridized carbons (Fsp3) is 0.500. The number of aliphatic hydroxyl groups excluding tert-OH is 1. The Morgan fingerprint density at radius 2 is 2.19 bits per heavy atom. The molecule has 0 aliphatic carbocycles. The standard InChI is InChI=1S/C12H18ClNO2/c1-16-7-6-14-9-11(15)8-10-4-2-3-5-12(10)13/h2-5,11,14-15H,6-9H2,1H3. The predicted molar refractivity (Wildman–Crippen MR) is 65.9 cm³/mol. The number of rotatable bonds is 7. The third kappa shape index (κ3) is 4.94. The molecular weight excluding hydrogens is 226 g/mol. The van der Waals surface area contributed by atoms with E-state index in [1.54, 1.807) is 7.11 Å². The van der Waals surface area contributed by atoms with E-state index in [1.807, 2.05) is 24.3 Å². The summed E-state index contributed by atoms with van der Waals surface area (Å²) in [7, 11) is 1.65. The Morgan fingerprint density at radius 1 is 1.44 bits per heavy atom. The van der Waals surface area contributed by atoms with Gasteiger partial charge in [-0.3, -0.25) is 0 Å². The molecule has 0 spiro atoms. The predicted octanol–water partition coefficient (Wildman–Crippen LogP) is 1.48. The molecule has 0 fully saturated rings. The highest BCUT2D eigenvalue weighted by Crippen LogP contribution is 2.16. The first-order valence-electron chi connectivity index (χ1n) is 5.35. The summed E-state index contributed by atoms with van der Waals surface area (Å²) in [5, 5.41) is 13.6. The van der Waals surface area contributed by atoms with Gasteiger partial charge in [0.2, 0.25) is 0 Å². The summed E-state index contributed by atoms with van der Waals surface area (Å²) in [5.74, 6) is 0. The largest absolute Gasteiger partial charge is 0.391 e. The summed E-state index contributed by atoms with van der Waals surface area (Å²) in [6.07, 6.45) is 0.149. The van der Waals surface area contributed by atoms with Gasteiger partial charge in [-0.05, 0) is 11.6 Å². The van der Waals surface area contributed by atoms with Gasteiger partial charge in [-0.25, -0.2) is 0 Å². The maximum absolute atomic E-state index is 9.76. The molecule has 0 bridgehead atoms. The van der Waals surface area contributed by atoms with Crippen molar-refractivity contribution in [3.63, 3.8) is 0 Å². The van der Waals surface area contributed by atoms with Crippen molar-refractivity contribution in [1.29, 1.82) is 0 Å². The summed E-state index contributed by atoms with van der Waals surface area (Å²) >= 11 is 6.00. The van der Waals surface area contributed by atoms with Crippen LogP contribution in [0.25, 0.3) is 0 Å². The highest BCUT2D eigenvalue weighted by molar-refractivity contribution is 6.31. The number of hydrogen-bond donors (Lipinski definition) is 2. The Hall–Kier alpha value is -0.610. The fourth-order valence-electron chi connectivity index (χ4n) is 1.43. The first-order valence-corrected chi connectivity index (χ1v) is 5.73. The van der Waals surface area contributed by atoms with E-state index in [1.165, 1.54) is 0 Å². The first-order chi connectivity index (χ1) is 7.74. The van der Waals surface area contributed by atoms with E-state index < -0.39 is 6.10 Å². The van der Waals surface area contributed by atoms with Crippen molar-refractivity contribution >= 4 is 11.6 Å². The fourth-order valence-corrected chi connectivity index (χ4v) is 1.65. The van der Waals surface area contributed by atoms with E-state index in [2.05, 4.69) is 5.32 Å². The molecular formula is C12H18ClNO2. The molecule has 1 aromatic carbocycles. The second kappa shape index (κ2) is 7.63. The van der Waals surface area contributed by atoms with E-state index in [9.17, 15) is 5.11 Å². The van der Waals surface area contributed by atoms with Crippen LogP contribution < -0.4 is 5.32 Å². The van der Waals surface area contributed by atoms with Crippen LogP contribution in [-0.2, 0) is 11.2 Å². The molecule has 2 N–H and O–H groups in total. The molecule has 3 nitrogen and oxygen atoms in total. The highest BCUT2D eigenvalue weighted by atomic mass is 35.5. The van der Waals surface area contributed by atoms with Gasteiger partial charge < -0.3 is 15.2 Å². The van der Waals surface area contributed by atoms with Gasteiger partial charge in [0.05, 0.1) is 12.7 Å². The number of ether oxygens (including phenoxy) is 1. The van der Waals surface area contributed by atoms with Gasteiger partial charge in [0.1, 0.15) is 0 Å². The van der Waals surface area contributed by atoms with Gasteiger partial charge in [0.25, 0.3) is 0 Å². The molecule has 0 saturated heterocycles. The monoisotopic (exact) mass is 243 g/mol. The van der Waals surface area contributed by atoms with E-state index in [0.717, 1.165) is 12.1 Å². The van der Waals surface area contributed by atoms with Crippen LogP contribution >= 0.6 is 11.6 Å². The molecule has 1 aromatic rings. The van der Waals surface area contributed by atoms with Crippen molar-refractivity contribution in [2.75, 3.05) is 26.8 Å². The van der Waals surface area contributed by atoms with E-state index in [0.29, 0.717) is 24.6 Å². The molecule has 4 heteroatoms. The smallest absolute Gasteiger partial charge is 0.0705 e. The van der Waals surface area contributed by atoms with Crippen LogP contribution in [0.2, 0.25) is 5.02 Å². The summed E-state index contributed by atoms with van der Waals surface area (Å²) < 4.78 is 4.90. The lowest BCUT2D eigenvalue weighted by atomic mass is 10.1. The Bertz CT molecular complexity index is 307. The third-order valence-corrected chi connectivity index (χ3v) is 2.65. The topological polar surface area (TPSA) is 41.5 Å². The van der Waals surface area contributed by atoms with Gasteiger partial charge in [-0.1, -0.05) is 29.8 Å². The molecule has 0 saturated carbocycles. The molecule has 1 rings (SSSR count). The summed E-state index contributed by atoms with van der Waals surface area (Å²) in [6.45, 7) is 1.95. The minimum atomic E-state index is -0.420. The van der Waals surface area contributed by atoms with Gasteiger partial charge in [-0.2, -0.15) is 0 Å². The molecule has 0 aliphatic heterocycles. The maximum Gasteiger partial charge on any atom is 0.0705 e. The van der Waals surface area contributed by atoms with Gasteiger partial charge in [-0.15, -0.1) is 0 Å². The summed E-state index contributed by atoms with van der Waals surface area (Å²) in [4.78, 5) is 0. The lowest BCUT2D eigenvalue weighted by molar-refractivity contribution is 0.160. The molecule has 0 aromatic heterocycles. The van der Waals surface area contributed by atoms with Crippen molar-refractivity contribution < 1.29 is 9.84 Å². The molecule has 1 unspecified atom stereocenters. The zero-order valence-corrected chi connectivity index (χ0v) is 10.2. The first kappa shape index (κ1) is 13.5. The average Bonchev–Trinajstić information content (AvgIpc) is 2.28. The van der Waals surface area contributed by atoms with Crippen molar-refractivity contribution in [3.05, 3.63) is 34.9 Å². The average molecular weight is 244 g/mol. The van der Waals surface area contributed by atoms with E-state index in [4.69, 9.17) is 16.3 Å². The Balaban J connectivity index is 2.28. The Kier molecular flexibility index (Phi) is 6.42. The van der Waals surface area contributed by atoms with Crippen molar-refractivity contribution in [1.82, 2.24) is 5.32 Å². The molecule has 0 heterocycles. The van der Waals surface area contributed by atoms with E-state index in [-0.39, 0.29) is 0 Å². The molecule has 90 valence electrons. The van der Waals surface area contributed by atoms with Crippen molar-refractivity contribution in [3.8, 4) is 0 Å². The Labute approximate surface area is 101 Å². The molecule has 16 heavy (non-hydrogen) atoms. The van der Waals surface area contributed by atoms with Crippen LogP contribution in [0.3, 0.4) is 0 Å². The number of halogens is 1. The van der Waals surface area contributed by atoms with Crippen LogP contribution in [0.1, 0.15) is 5.56 Å². The Morgan fingerprint density at radius 3 is 2.88 bits per heavy atom. The number of benzene rings is 1. The van der Waals surface area contributed by atoms with E-state index >= 15 is 0 Å². The third-order valence-electron chi connectivity index (χ3n) is 2.28. The van der Waals surface area contributed by atoms with Gasteiger partial charge in [0, 0.05) is 31.6 Å². The van der Waals surface area contributed by atoms with Crippen LogP contribution in [0.4, 0.5) is 0 Å². The van der Waals surface area contributed by atoms with Crippen molar-refractivity contribution in [2.45, 2.75) is 12.5 Å². The van der Waals surface area contributed by atoms with Crippen LogP contribution in [0.5, 0.6) is 0 Å². The summed E-state index contributed by atoms with van der Waals surface area (Å²) in [6, 6.07) is 7.57. The van der Waals surface area contributed by atoms with Crippen LogP contribution in [-0.4, -0.2) is 38.0 Å². The lowest BCUT2D eigenvalue weighted by Gasteiger charge is -2.12.